The molecule has 0 saturated heterocycles. The van der Waals surface area contributed by atoms with Crippen LogP contribution in [0.5, 0.6) is 11.5 Å². The van der Waals surface area contributed by atoms with Crippen molar-refractivity contribution in [3.05, 3.63) is 83.4 Å². The van der Waals surface area contributed by atoms with Gasteiger partial charge in [-0.25, -0.2) is 8.42 Å². The maximum absolute atomic E-state index is 13.4. The van der Waals surface area contributed by atoms with Gasteiger partial charge in [0.25, 0.3) is 15.9 Å². The molecule has 3 aromatic rings. The summed E-state index contributed by atoms with van der Waals surface area (Å²) in [5, 5.41) is 0. The van der Waals surface area contributed by atoms with Crippen LogP contribution < -0.4 is 14.2 Å². The number of benzene rings is 3. The Morgan fingerprint density at radius 3 is 2.09 bits per heavy atom. The Labute approximate surface area is 200 Å². The standard InChI is InChI=1S/C26H28N2O5S/c1-18-4-7-20(16-25(18)34(30,31)27-21-8-14-24(33-3)15-9-21)26(29)28(22-10-11-22)17-19-5-12-23(32-2)13-6-19/h4-9,12-16,22,27H,10-11,17H2,1-3H3. The maximum atomic E-state index is 13.4. The van der Waals surface area contributed by atoms with Crippen LogP contribution in [-0.2, 0) is 16.6 Å². The van der Waals surface area contributed by atoms with E-state index in [0.29, 0.717) is 29.1 Å². The van der Waals surface area contributed by atoms with Gasteiger partial charge in [-0.3, -0.25) is 9.52 Å². The van der Waals surface area contributed by atoms with Gasteiger partial charge in [-0.15, -0.1) is 0 Å². The third-order valence-electron chi connectivity index (χ3n) is 5.83. The molecular weight excluding hydrogens is 452 g/mol. The first-order valence-corrected chi connectivity index (χ1v) is 12.5. The van der Waals surface area contributed by atoms with Gasteiger partial charge in [0, 0.05) is 23.8 Å². The third kappa shape index (κ3) is 5.34. The highest BCUT2D eigenvalue weighted by molar-refractivity contribution is 7.92. The molecule has 0 aliphatic heterocycles. The monoisotopic (exact) mass is 480 g/mol. The minimum absolute atomic E-state index is 0.0781. The van der Waals surface area contributed by atoms with Gasteiger partial charge in [-0.2, -0.15) is 0 Å². The van der Waals surface area contributed by atoms with Crippen molar-refractivity contribution in [1.29, 1.82) is 0 Å². The van der Waals surface area contributed by atoms with E-state index in [2.05, 4.69) is 4.72 Å². The molecule has 8 heteroatoms. The van der Waals surface area contributed by atoms with E-state index in [1.54, 1.807) is 57.5 Å². The van der Waals surface area contributed by atoms with Gasteiger partial charge >= 0.3 is 0 Å². The van der Waals surface area contributed by atoms with Crippen LogP contribution in [-0.4, -0.2) is 39.5 Å². The molecule has 178 valence electrons. The number of aryl methyl sites for hydroxylation is 1. The molecule has 3 aromatic carbocycles. The molecule has 0 atom stereocenters. The fourth-order valence-corrected chi connectivity index (χ4v) is 5.07. The molecule has 0 heterocycles. The van der Waals surface area contributed by atoms with Crippen LogP contribution in [0.2, 0.25) is 0 Å². The zero-order valence-corrected chi connectivity index (χ0v) is 20.3. The fourth-order valence-electron chi connectivity index (χ4n) is 3.74. The third-order valence-corrected chi connectivity index (χ3v) is 7.35. The Balaban J connectivity index is 1.58. The number of amides is 1. The molecule has 0 aromatic heterocycles. The van der Waals surface area contributed by atoms with E-state index in [9.17, 15) is 13.2 Å². The van der Waals surface area contributed by atoms with Crippen LogP contribution in [0, 0.1) is 6.92 Å². The van der Waals surface area contributed by atoms with Gasteiger partial charge < -0.3 is 14.4 Å². The molecule has 1 saturated carbocycles. The fraction of sp³-hybridized carbons (Fsp3) is 0.269. The molecule has 0 spiro atoms. The van der Waals surface area contributed by atoms with E-state index in [-0.39, 0.29) is 16.8 Å². The molecule has 1 N–H and O–H groups in total. The first-order valence-electron chi connectivity index (χ1n) is 11.0. The van der Waals surface area contributed by atoms with E-state index >= 15 is 0 Å². The molecule has 7 nitrogen and oxygen atoms in total. The summed E-state index contributed by atoms with van der Waals surface area (Å²) >= 11 is 0. The molecule has 0 unspecified atom stereocenters. The molecule has 1 fully saturated rings. The van der Waals surface area contributed by atoms with Gasteiger partial charge in [0.15, 0.2) is 0 Å². The molecule has 0 radical (unpaired) electrons. The lowest BCUT2D eigenvalue weighted by molar-refractivity contribution is 0.0729. The summed E-state index contributed by atoms with van der Waals surface area (Å²) in [7, 11) is -0.733. The summed E-state index contributed by atoms with van der Waals surface area (Å²) in [4.78, 5) is 15.3. The Morgan fingerprint density at radius 1 is 0.941 bits per heavy atom. The number of nitrogens with zero attached hydrogens (tertiary/aromatic N) is 1. The predicted molar refractivity (Wildman–Crippen MR) is 131 cm³/mol. The molecule has 34 heavy (non-hydrogen) atoms. The van der Waals surface area contributed by atoms with Crippen LogP contribution in [0.25, 0.3) is 0 Å². The summed E-state index contributed by atoms with van der Waals surface area (Å²) in [5.74, 6) is 1.20. The van der Waals surface area contributed by atoms with Crippen molar-refractivity contribution in [3.8, 4) is 11.5 Å². The number of anilines is 1. The lowest BCUT2D eigenvalue weighted by Gasteiger charge is -2.23. The van der Waals surface area contributed by atoms with Gasteiger partial charge in [-0.05, 0) is 79.4 Å². The van der Waals surface area contributed by atoms with E-state index in [1.165, 1.54) is 6.07 Å². The highest BCUT2D eigenvalue weighted by Crippen LogP contribution is 2.31. The molecule has 1 aliphatic rings. The molecular formula is C26H28N2O5S. The van der Waals surface area contributed by atoms with Gasteiger partial charge in [0.2, 0.25) is 0 Å². The molecule has 1 amide bonds. The highest BCUT2D eigenvalue weighted by atomic mass is 32.2. The van der Waals surface area contributed by atoms with Crippen LogP contribution in [0.1, 0.15) is 34.3 Å². The number of methoxy groups -OCH3 is 2. The van der Waals surface area contributed by atoms with Crippen LogP contribution in [0.15, 0.2) is 71.6 Å². The van der Waals surface area contributed by atoms with Crippen molar-refractivity contribution in [2.45, 2.75) is 37.2 Å². The van der Waals surface area contributed by atoms with Crippen molar-refractivity contribution >= 4 is 21.6 Å². The summed E-state index contributed by atoms with van der Waals surface area (Å²) < 4.78 is 39.2. The van der Waals surface area contributed by atoms with Gasteiger partial charge in [0.05, 0.1) is 19.1 Å². The van der Waals surface area contributed by atoms with Gasteiger partial charge in [-0.1, -0.05) is 18.2 Å². The topological polar surface area (TPSA) is 84.9 Å². The second-order valence-electron chi connectivity index (χ2n) is 8.33. The summed E-state index contributed by atoms with van der Waals surface area (Å²) in [6, 6.07) is 19.2. The SMILES string of the molecule is COc1ccc(CN(C(=O)c2ccc(C)c(S(=O)(=O)Nc3ccc(OC)cc3)c2)C2CC2)cc1. The summed E-state index contributed by atoms with van der Waals surface area (Å²) in [5.41, 5.74) is 2.31. The van der Waals surface area contributed by atoms with Crippen LogP contribution >= 0.6 is 0 Å². The Bertz CT molecular complexity index is 1270. The molecule has 0 bridgehead atoms. The van der Waals surface area contributed by atoms with Crippen molar-refractivity contribution < 1.29 is 22.7 Å². The zero-order valence-electron chi connectivity index (χ0n) is 19.4. The second kappa shape index (κ2) is 9.77. The second-order valence-corrected chi connectivity index (χ2v) is 9.98. The zero-order chi connectivity index (χ0) is 24.3. The number of hydrogen-bond acceptors (Lipinski definition) is 5. The van der Waals surface area contributed by atoms with Gasteiger partial charge in [0.1, 0.15) is 11.5 Å². The summed E-state index contributed by atoms with van der Waals surface area (Å²) in [6.45, 7) is 2.17. The van der Waals surface area contributed by atoms with Crippen molar-refractivity contribution in [1.82, 2.24) is 4.90 Å². The minimum Gasteiger partial charge on any atom is -0.497 e. The first-order chi connectivity index (χ1) is 16.3. The lowest BCUT2D eigenvalue weighted by atomic mass is 10.1. The maximum Gasteiger partial charge on any atom is 0.262 e. The van der Waals surface area contributed by atoms with E-state index < -0.39 is 10.0 Å². The smallest absolute Gasteiger partial charge is 0.262 e. The molecule has 1 aliphatic carbocycles. The average Bonchev–Trinajstić information content (AvgIpc) is 3.68. The normalized spacial score (nSPS) is 13.3. The van der Waals surface area contributed by atoms with E-state index in [4.69, 9.17) is 9.47 Å². The number of hydrogen-bond donors (Lipinski definition) is 1. The quantitative estimate of drug-likeness (QED) is 0.483. The number of ether oxygens (including phenoxy) is 2. The number of rotatable bonds is 9. The highest BCUT2D eigenvalue weighted by Gasteiger charge is 2.33. The van der Waals surface area contributed by atoms with E-state index in [1.807, 2.05) is 29.2 Å². The largest absolute Gasteiger partial charge is 0.497 e. The average molecular weight is 481 g/mol. The van der Waals surface area contributed by atoms with Crippen LogP contribution in [0.3, 0.4) is 0 Å². The number of carbonyl (C=O) groups excluding carboxylic acids is 1. The van der Waals surface area contributed by atoms with Crippen LogP contribution in [0.4, 0.5) is 5.69 Å². The summed E-state index contributed by atoms with van der Waals surface area (Å²) in [6.07, 6.45) is 1.88. The Morgan fingerprint density at radius 2 is 1.53 bits per heavy atom. The lowest BCUT2D eigenvalue weighted by Crippen LogP contribution is -2.32. The van der Waals surface area contributed by atoms with E-state index in [0.717, 1.165) is 24.2 Å². The Hall–Kier alpha value is -3.52. The Kier molecular flexibility index (Phi) is 6.79. The van der Waals surface area contributed by atoms with Crippen molar-refractivity contribution in [2.75, 3.05) is 18.9 Å². The first kappa shape index (κ1) is 23.6. The number of nitrogens with one attached hydrogen (secondary N) is 1. The van der Waals surface area contributed by atoms with Crippen molar-refractivity contribution in [2.24, 2.45) is 0 Å². The number of sulfonamides is 1. The van der Waals surface area contributed by atoms with Crippen molar-refractivity contribution in [3.63, 3.8) is 0 Å². The number of carbonyl (C=O) groups is 1. The molecule has 4 rings (SSSR count). The predicted octanol–water partition coefficient (Wildman–Crippen LogP) is 4.62. The minimum atomic E-state index is -3.89.